The third-order valence-corrected chi connectivity index (χ3v) is 4.81. The Morgan fingerprint density at radius 3 is 2.00 bits per heavy atom. The van der Waals surface area contributed by atoms with Gasteiger partial charge in [-0.2, -0.15) is 0 Å². The fourth-order valence-corrected chi connectivity index (χ4v) is 3.31. The number of rotatable bonds is 2. The van der Waals surface area contributed by atoms with Gasteiger partial charge in [0, 0.05) is 12.8 Å². The number of carbonyl (C=O) groups excluding carboxylic acids is 2. The lowest BCUT2D eigenvalue weighted by molar-refractivity contribution is -0.164. The predicted octanol–water partition coefficient (Wildman–Crippen LogP) is 1.86. The van der Waals surface area contributed by atoms with E-state index in [4.69, 9.17) is 0 Å². The quantitative estimate of drug-likeness (QED) is 0.764. The number of carbonyl (C=O) groups is 2. The fraction of sp³-hybridized carbons (Fsp3) is 0.857. The lowest BCUT2D eigenvalue weighted by atomic mass is 9.75. The molecule has 1 atom stereocenters. The van der Waals surface area contributed by atoms with Crippen molar-refractivity contribution in [3.63, 3.8) is 0 Å². The Labute approximate surface area is 108 Å². The van der Waals surface area contributed by atoms with E-state index in [9.17, 15) is 14.7 Å². The van der Waals surface area contributed by atoms with Crippen molar-refractivity contribution in [1.82, 2.24) is 4.90 Å². The summed E-state index contributed by atoms with van der Waals surface area (Å²) in [5.41, 5.74) is -0.881. The average molecular weight is 253 g/mol. The first kappa shape index (κ1) is 13.5. The van der Waals surface area contributed by atoms with Crippen LogP contribution in [0.4, 0.5) is 0 Å². The number of nitrogens with zero attached hydrogens (tertiary/aromatic N) is 1. The molecule has 1 saturated heterocycles. The van der Waals surface area contributed by atoms with Crippen molar-refractivity contribution >= 4 is 11.8 Å². The molecule has 4 nitrogen and oxygen atoms in total. The minimum Gasteiger partial charge on any atom is -0.391 e. The molecule has 2 rings (SSSR count). The summed E-state index contributed by atoms with van der Waals surface area (Å²) >= 11 is 0. The predicted molar refractivity (Wildman–Crippen MR) is 67.7 cm³/mol. The molecule has 1 unspecified atom stereocenters. The van der Waals surface area contributed by atoms with Gasteiger partial charge in [-0.25, -0.2) is 0 Å². The Kier molecular flexibility index (Phi) is 3.26. The minimum absolute atomic E-state index is 0.0700. The van der Waals surface area contributed by atoms with Crippen molar-refractivity contribution in [1.29, 1.82) is 0 Å². The molecule has 0 aromatic carbocycles. The highest BCUT2D eigenvalue weighted by Gasteiger charge is 2.50. The number of likely N-dealkylation sites (tertiary alicyclic amines) is 1. The van der Waals surface area contributed by atoms with E-state index in [1.54, 1.807) is 20.8 Å². The molecule has 4 heteroatoms. The van der Waals surface area contributed by atoms with Gasteiger partial charge in [-0.05, 0) is 39.0 Å². The van der Waals surface area contributed by atoms with Crippen molar-refractivity contribution < 1.29 is 14.7 Å². The van der Waals surface area contributed by atoms with E-state index in [0.29, 0.717) is 12.8 Å². The van der Waals surface area contributed by atoms with Crippen molar-refractivity contribution in [2.24, 2.45) is 5.41 Å². The van der Waals surface area contributed by atoms with Crippen LogP contribution in [-0.2, 0) is 9.59 Å². The average Bonchev–Trinajstić information content (AvgIpc) is 2.63. The number of piperidine rings is 1. The molecule has 0 aromatic rings. The summed E-state index contributed by atoms with van der Waals surface area (Å²) in [6, 6.07) is 0. The van der Waals surface area contributed by atoms with Gasteiger partial charge in [-0.1, -0.05) is 12.8 Å². The number of aliphatic hydroxyl groups excluding tert-OH is 1. The van der Waals surface area contributed by atoms with Crippen LogP contribution >= 0.6 is 0 Å². The highest BCUT2D eigenvalue weighted by molar-refractivity contribution is 5.99. The second-order valence-corrected chi connectivity index (χ2v) is 6.51. The minimum atomic E-state index is -0.811. The van der Waals surface area contributed by atoms with Crippen LogP contribution in [0.3, 0.4) is 0 Å². The van der Waals surface area contributed by atoms with Gasteiger partial charge in [0.2, 0.25) is 11.8 Å². The van der Waals surface area contributed by atoms with Crippen LogP contribution in [0.25, 0.3) is 0 Å². The standard InChI is InChI=1S/C14H23NO3/c1-10(16)13(2,3)15-11(17)8-14(9-12(15)18)6-4-5-7-14/h10,16H,4-9H2,1-3H3. The second-order valence-electron chi connectivity index (χ2n) is 6.51. The summed E-state index contributed by atoms with van der Waals surface area (Å²) in [6.07, 6.45) is 4.45. The zero-order valence-electron chi connectivity index (χ0n) is 11.5. The molecule has 2 fully saturated rings. The number of hydrogen-bond acceptors (Lipinski definition) is 3. The summed E-state index contributed by atoms with van der Waals surface area (Å²) in [4.78, 5) is 25.9. The highest BCUT2D eigenvalue weighted by Crippen LogP contribution is 2.48. The summed E-state index contributed by atoms with van der Waals surface area (Å²) in [5.74, 6) is -0.224. The van der Waals surface area contributed by atoms with Crippen molar-refractivity contribution in [2.45, 2.75) is 70.9 Å². The molecule has 0 aromatic heterocycles. The molecular weight excluding hydrogens is 230 g/mol. The Bertz CT molecular complexity index is 347. The molecule has 2 aliphatic rings. The van der Waals surface area contributed by atoms with E-state index < -0.39 is 11.6 Å². The molecule has 1 N–H and O–H groups in total. The topological polar surface area (TPSA) is 57.6 Å². The fourth-order valence-electron chi connectivity index (χ4n) is 3.31. The van der Waals surface area contributed by atoms with Crippen LogP contribution in [0.1, 0.15) is 59.3 Å². The van der Waals surface area contributed by atoms with Crippen LogP contribution in [0, 0.1) is 5.41 Å². The van der Waals surface area contributed by atoms with E-state index in [-0.39, 0.29) is 17.2 Å². The van der Waals surface area contributed by atoms with Crippen molar-refractivity contribution in [3.05, 3.63) is 0 Å². The van der Waals surface area contributed by atoms with E-state index in [0.717, 1.165) is 25.7 Å². The van der Waals surface area contributed by atoms with Crippen LogP contribution in [-0.4, -0.2) is 33.5 Å². The van der Waals surface area contributed by atoms with E-state index >= 15 is 0 Å². The number of imide groups is 1. The normalized spacial score (nSPS) is 25.9. The van der Waals surface area contributed by atoms with Gasteiger partial charge < -0.3 is 5.11 Å². The van der Waals surface area contributed by atoms with E-state index in [2.05, 4.69) is 0 Å². The lowest BCUT2D eigenvalue weighted by Gasteiger charge is -2.45. The molecule has 102 valence electrons. The van der Waals surface area contributed by atoms with Crippen LogP contribution in [0.15, 0.2) is 0 Å². The molecule has 1 aliphatic carbocycles. The molecule has 18 heavy (non-hydrogen) atoms. The third-order valence-electron chi connectivity index (χ3n) is 4.81. The van der Waals surface area contributed by atoms with Gasteiger partial charge in [0.15, 0.2) is 0 Å². The molecule has 1 spiro atoms. The highest BCUT2D eigenvalue weighted by atomic mass is 16.3. The first-order chi connectivity index (χ1) is 8.28. The number of hydrogen-bond donors (Lipinski definition) is 1. The maximum absolute atomic E-state index is 12.3. The van der Waals surface area contributed by atoms with Gasteiger partial charge in [-0.3, -0.25) is 14.5 Å². The Morgan fingerprint density at radius 2 is 1.61 bits per heavy atom. The summed E-state index contributed by atoms with van der Waals surface area (Å²) in [7, 11) is 0. The zero-order chi connectivity index (χ0) is 13.6. The molecule has 2 amide bonds. The molecular formula is C14H23NO3. The van der Waals surface area contributed by atoms with Crippen LogP contribution in [0.2, 0.25) is 0 Å². The summed E-state index contributed by atoms with van der Waals surface area (Å²) < 4.78 is 0. The van der Waals surface area contributed by atoms with Gasteiger partial charge in [0.25, 0.3) is 0 Å². The van der Waals surface area contributed by atoms with Gasteiger partial charge >= 0.3 is 0 Å². The van der Waals surface area contributed by atoms with E-state index in [1.165, 1.54) is 4.90 Å². The second kappa shape index (κ2) is 4.34. The summed E-state index contributed by atoms with van der Waals surface area (Å²) in [5, 5.41) is 9.78. The SMILES string of the molecule is CC(O)C(C)(C)N1C(=O)CC2(CCCC2)CC1=O. The Morgan fingerprint density at radius 1 is 1.17 bits per heavy atom. The zero-order valence-corrected chi connectivity index (χ0v) is 11.5. The molecule has 0 radical (unpaired) electrons. The molecule has 1 saturated carbocycles. The van der Waals surface area contributed by atoms with E-state index in [1.807, 2.05) is 0 Å². The number of aliphatic hydroxyl groups is 1. The first-order valence-electron chi connectivity index (χ1n) is 6.82. The summed E-state index contributed by atoms with van der Waals surface area (Å²) in [6.45, 7) is 5.13. The Balaban J connectivity index is 2.22. The van der Waals surface area contributed by atoms with Gasteiger partial charge in [0.05, 0.1) is 11.6 Å². The maximum atomic E-state index is 12.3. The molecule has 1 aliphatic heterocycles. The largest absolute Gasteiger partial charge is 0.391 e. The molecule has 1 heterocycles. The van der Waals surface area contributed by atoms with Crippen molar-refractivity contribution in [3.8, 4) is 0 Å². The Hall–Kier alpha value is -0.900. The molecule has 0 bridgehead atoms. The lowest BCUT2D eigenvalue weighted by Crippen LogP contribution is -2.60. The monoisotopic (exact) mass is 253 g/mol. The van der Waals surface area contributed by atoms with Gasteiger partial charge in [-0.15, -0.1) is 0 Å². The smallest absolute Gasteiger partial charge is 0.230 e. The third kappa shape index (κ3) is 2.07. The number of amides is 2. The first-order valence-corrected chi connectivity index (χ1v) is 6.82. The van der Waals surface area contributed by atoms with Crippen LogP contribution in [0.5, 0.6) is 0 Å². The van der Waals surface area contributed by atoms with Crippen LogP contribution < -0.4 is 0 Å². The maximum Gasteiger partial charge on any atom is 0.230 e. The van der Waals surface area contributed by atoms with Crippen molar-refractivity contribution in [2.75, 3.05) is 0 Å². The van der Waals surface area contributed by atoms with Gasteiger partial charge in [0.1, 0.15) is 0 Å².